The zero-order chi connectivity index (χ0) is 22.0. The third kappa shape index (κ3) is 5.09. The summed E-state index contributed by atoms with van der Waals surface area (Å²) in [4.78, 5) is 26.8. The zero-order valence-electron chi connectivity index (χ0n) is 16.8. The second kappa shape index (κ2) is 9.12. The highest BCUT2D eigenvalue weighted by molar-refractivity contribution is 9.10. The summed E-state index contributed by atoms with van der Waals surface area (Å²) in [6.07, 6.45) is 0.169. The van der Waals surface area contributed by atoms with Crippen molar-refractivity contribution in [2.24, 2.45) is 5.92 Å². The molecule has 0 saturated carbocycles. The Morgan fingerprint density at radius 1 is 1.06 bits per heavy atom. The Kier molecular flexibility index (Phi) is 6.30. The second-order valence-corrected chi connectivity index (χ2v) is 8.73. The van der Waals surface area contributed by atoms with Crippen LogP contribution in [0.4, 0.5) is 11.4 Å². The third-order valence-corrected chi connectivity index (χ3v) is 6.07. The first-order valence-corrected chi connectivity index (χ1v) is 11.0. The molecule has 0 aliphatic carbocycles. The molecule has 1 aliphatic heterocycles. The van der Waals surface area contributed by atoms with Crippen molar-refractivity contribution in [3.8, 4) is 11.5 Å². The number of aryl methyl sites for hydroxylation is 1. The van der Waals surface area contributed by atoms with Crippen molar-refractivity contribution in [3.63, 3.8) is 0 Å². The molecule has 1 heterocycles. The second-order valence-electron chi connectivity index (χ2n) is 7.41. The lowest BCUT2D eigenvalue weighted by atomic mass is 10.1. The number of anilines is 2. The smallest absolute Gasteiger partial charge is 0.229 e. The van der Waals surface area contributed by atoms with Gasteiger partial charge in [-0.05, 0) is 73.2 Å². The van der Waals surface area contributed by atoms with Crippen LogP contribution in [0.2, 0.25) is 5.02 Å². The molecule has 1 atom stereocenters. The average Bonchev–Trinajstić information content (AvgIpc) is 3.15. The van der Waals surface area contributed by atoms with E-state index in [0.29, 0.717) is 28.7 Å². The predicted molar refractivity (Wildman–Crippen MR) is 126 cm³/mol. The molecule has 1 N–H and O–H groups in total. The lowest BCUT2D eigenvalue weighted by Crippen LogP contribution is -2.28. The summed E-state index contributed by atoms with van der Waals surface area (Å²) in [6, 6.07) is 20.2. The quantitative estimate of drug-likeness (QED) is 0.455. The van der Waals surface area contributed by atoms with Gasteiger partial charge in [-0.3, -0.25) is 9.59 Å². The van der Waals surface area contributed by atoms with Crippen LogP contribution >= 0.6 is 27.5 Å². The molecule has 31 heavy (non-hydrogen) atoms. The molecule has 5 nitrogen and oxygen atoms in total. The van der Waals surface area contributed by atoms with Crippen LogP contribution in [0, 0.1) is 12.8 Å². The molecule has 1 aliphatic rings. The number of halogens is 2. The number of carbonyl (C=O) groups excluding carboxylic acids is 2. The van der Waals surface area contributed by atoms with Gasteiger partial charge in [-0.15, -0.1) is 0 Å². The van der Waals surface area contributed by atoms with Gasteiger partial charge in [-0.25, -0.2) is 0 Å². The number of hydrogen-bond acceptors (Lipinski definition) is 3. The molecule has 0 radical (unpaired) electrons. The Hall–Kier alpha value is -2.83. The summed E-state index contributed by atoms with van der Waals surface area (Å²) in [5.74, 6) is 0.694. The highest BCUT2D eigenvalue weighted by atomic mass is 79.9. The maximum Gasteiger partial charge on any atom is 0.229 e. The summed E-state index contributed by atoms with van der Waals surface area (Å²) >= 11 is 9.58. The topological polar surface area (TPSA) is 58.6 Å². The van der Waals surface area contributed by atoms with Gasteiger partial charge in [-0.2, -0.15) is 0 Å². The Morgan fingerprint density at radius 2 is 1.71 bits per heavy atom. The van der Waals surface area contributed by atoms with Crippen LogP contribution in [-0.4, -0.2) is 18.4 Å². The third-order valence-electron chi connectivity index (χ3n) is 5.13. The van der Waals surface area contributed by atoms with Crippen LogP contribution in [-0.2, 0) is 9.59 Å². The molecular formula is C24H20BrClN2O3. The standard InChI is InChI=1S/C24H20BrClN2O3/c1-15-2-7-19(13-22(15)26)28-14-16(12-23(28)29)24(30)27-18-5-10-21(11-6-18)31-20-8-3-17(25)4-9-20/h2-11,13,16H,12,14H2,1H3,(H,27,30)/t16-/m1/s1. The summed E-state index contributed by atoms with van der Waals surface area (Å²) in [5, 5.41) is 3.49. The van der Waals surface area contributed by atoms with Crippen LogP contribution in [0.15, 0.2) is 71.2 Å². The van der Waals surface area contributed by atoms with Gasteiger partial charge in [0.15, 0.2) is 0 Å². The lowest BCUT2D eigenvalue weighted by molar-refractivity contribution is -0.122. The van der Waals surface area contributed by atoms with Gasteiger partial charge in [0, 0.05) is 33.8 Å². The summed E-state index contributed by atoms with van der Waals surface area (Å²) in [7, 11) is 0. The van der Waals surface area contributed by atoms with Crippen LogP contribution in [0.3, 0.4) is 0 Å². The van der Waals surface area contributed by atoms with E-state index < -0.39 is 5.92 Å². The van der Waals surface area contributed by atoms with Gasteiger partial charge in [-0.1, -0.05) is 33.6 Å². The average molecular weight is 500 g/mol. The van der Waals surface area contributed by atoms with Crippen LogP contribution in [0.25, 0.3) is 0 Å². The molecule has 4 rings (SSSR count). The fourth-order valence-electron chi connectivity index (χ4n) is 3.37. The molecule has 2 amide bonds. The Balaban J connectivity index is 1.37. The van der Waals surface area contributed by atoms with Crippen LogP contribution in [0.1, 0.15) is 12.0 Å². The first-order valence-electron chi connectivity index (χ1n) is 9.80. The molecule has 7 heteroatoms. The van der Waals surface area contributed by atoms with Crippen molar-refractivity contribution in [2.45, 2.75) is 13.3 Å². The first kappa shape index (κ1) is 21.4. The maximum absolute atomic E-state index is 12.7. The van der Waals surface area contributed by atoms with Gasteiger partial charge >= 0.3 is 0 Å². The van der Waals surface area contributed by atoms with Gasteiger partial charge in [0.25, 0.3) is 0 Å². The monoisotopic (exact) mass is 498 g/mol. The number of nitrogens with zero attached hydrogens (tertiary/aromatic N) is 1. The van der Waals surface area contributed by atoms with Crippen molar-refractivity contribution in [1.29, 1.82) is 0 Å². The number of benzene rings is 3. The molecule has 0 bridgehead atoms. The maximum atomic E-state index is 12.7. The Bertz CT molecular complexity index is 1120. The van der Waals surface area contributed by atoms with E-state index in [9.17, 15) is 9.59 Å². The number of carbonyl (C=O) groups is 2. The summed E-state index contributed by atoms with van der Waals surface area (Å²) in [5.41, 5.74) is 2.31. The minimum Gasteiger partial charge on any atom is -0.457 e. The Labute approximate surface area is 194 Å². The molecule has 1 fully saturated rings. The Morgan fingerprint density at radius 3 is 2.35 bits per heavy atom. The van der Waals surface area contributed by atoms with Crippen molar-refractivity contribution in [2.75, 3.05) is 16.8 Å². The predicted octanol–water partition coefficient (Wildman–Crippen LogP) is 6.19. The number of nitrogens with one attached hydrogen (secondary N) is 1. The molecular weight excluding hydrogens is 480 g/mol. The number of amides is 2. The van der Waals surface area contributed by atoms with Crippen LogP contribution in [0.5, 0.6) is 11.5 Å². The van der Waals surface area contributed by atoms with Gasteiger partial charge in [0.2, 0.25) is 11.8 Å². The van der Waals surface area contributed by atoms with E-state index in [1.807, 2.05) is 43.3 Å². The number of rotatable bonds is 5. The van der Waals surface area contributed by atoms with E-state index in [4.69, 9.17) is 16.3 Å². The number of hydrogen-bond donors (Lipinski definition) is 1. The van der Waals surface area contributed by atoms with Crippen molar-refractivity contribution in [1.82, 2.24) is 0 Å². The van der Waals surface area contributed by atoms with Gasteiger partial charge < -0.3 is 15.0 Å². The lowest BCUT2D eigenvalue weighted by Gasteiger charge is -2.17. The fourth-order valence-corrected chi connectivity index (χ4v) is 3.81. The van der Waals surface area contributed by atoms with E-state index in [0.717, 1.165) is 15.8 Å². The molecule has 158 valence electrons. The van der Waals surface area contributed by atoms with Crippen molar-refractivity contribution in [3.05, 3.63) is 81.8 Å². The van der Waals surface area contributed by atoms with Crippen LogP contribution < -0.4 is 15.0 Å². The fraction of sp³-hybridized carbons (Fsp3) is 0.167. The van der Waals surface area contributed by atoms with Crippen molar-refractivity contribution >= 4 is 50.7 Å². The van der Waals surface area contributed by atoms with E-state index in [1.54, 1.807) is 35.2 Å². The number of ether oxygens (including phenoxy) is 1. The molecule has 3 aromatic carbocycles. The SMILES string of the molecule is Cc1ccc(N2C[C@H](C(=O)Nc3ccc(Oc4ccc(Br)cc4)cc3)CC2=O)cc1Cl. The molecule has 3 aromatic rings. The first-order chi connectivity index (χ1) is 14.9. The molecule has 1 saturated heterocycles. The van der Waals surface area contributed by atoms with Gasteiger partial charge in [0.05, 0.1) is 5.92 Å². The van der Waals surface area contributed by atoms with E-state index in [2.05, 4.69) is 21.2 Å². The minimum atomic E-state index is -0.425. The van der Waals surface area contributed by atoms with Crippen molar-refractivity contribution < 1.29 is 14.3 Å². The van der Waals surface area contributed by atoms with E-state index in [-0.39, 0.29) is 18.2 Å². The molecule has 0 aromatic heterocycles. The highest BCUT2D eigenvalue weighted by Crippen LogP contribution is 2.30. The molecule has 0 unspecified atom stereocenters. The van der Waals surface area contributed by atoms with E-state index in [1.165, 1.54) is 0 Å². The molecule has 0 spiro atoms. The largest absolute Gasteiger partial charge is 0.457 e. The van der Waals surface area contributed by atoms with Gasteiger partial charge in [0.1, 0.15) is 11.5 Å². The summed E-state index contributed by atoms with van der Waals surface area (Å²) < 4.78 is 6.77. The highest BCUT2D eigenvalue weighted by Gasteiger charge is 2.35. The van der Waals surface area contributed by atoms with E-state index >= 15 is 0 Å². The summed E-state index contributed by atoms with van der Waals surface area (Å²) in [6.45, 7) is 2.23. The normalized spacial score (nSPS) is 15.8. The zero-order valence-corrected chi connectivity index (χ0v) is 19.1. The minimum absolute atomic E-state index is 0.0849.